The molecule has 1 rings (SSSR count). The summed E-state index contributed by atoms with van der Waals surface area (Å²) in [6, 6.07) is 4.59. The van der Waals surface area contributed by atoms with Gasteiger partial charge in [0.25, 0.3) is 0 Å². The molecule has 0 saturated carbocycles. The number of halogens is 1. The lowest BCUT2D eigenvalue weighted by molar-refractivity contribution is -0.152. The Balaban J connectivity index is 2.48. The third-order valence-electron chi connectivity index (χ3n) is 2.37. The molecule has 1 aromatic rings. The Bertz CT molecular complexity index is 462. The van der Waals surface area contributed by atoms with Crippen molar-refractivity contribution in [3.63, 3.8) is 0 Å². The van der Waals surface area contributed by atoms with Crippen LogP contribution in [-0.4, -0.2) is 32.1 Å². The van der Waals surface area contributed by atoms with Crippen LogP contribution in [0.25, 0.3) is 0 Å². The SMILES string of the molecule is CCOc1ccc(CCNC(=O)C(=O)OC)cc1F. The molecule has 0 unspecified atom stereocenters. The van der Waals surface area contributed by atoms with E-state index in [1.54, 1.807) is 13.0 Å². The normalized spacial score (nSPS) is 9.84. The molecule has 0 fully saturated rings. The molecule has 0 atom stereocenters. The van der Waals surface area contributed by atoms with E-state index >= 15 is 0 Å². The Morgan fingerprint density at radius 2 is 2.11 bits per heavy atom. The molecule has 0 saturated heterocycles. The lowest BCUT2D eigenvalue weighted by Crippen LogP contribution is -2.33. The highest BCUT2D eigenvalue weighted by atomic mass is 19.1. The van der Waals surface area contributed by atoms with Gasteiger partial charge in [0.2, 0.25) is 0 Å². The zero-order chi connectivity index (χ0) is 14.3. The first kappa shape index (κ1) is 14.9. The molecular formula is C13H16FNO4. The van der Waals surface area contributed by atoms with E-state index in [0.29, 0.717) is 18.6 Å². The number of hydrogen-bond acceptors (Lipinski definition) is 4. The first-order valence-electron chi connectivity index (χ1n) is 5.85. The van der Waals surface area contributed by atoms with Gasteiger partial charge in [-0.3, -0.25) is 4.79 Å². The molecule has 6 heteroatoms. The van der Waals surface area contributed by atoms with E-state index in [1.165, 1.54) is 12.1 Å². The van der Waals surface area contributed by atoms with E-state index in [4.69, 9.17) is 4.74 Å². The van der Waals surface area contributed by atoms with Crippen LogP contribution in [0.4, 0.5) is 4.39 Å². The van der Waals surface area contributed by atoms with Crippen molar-refractivity contribution in [2.75, 3.05) is 20.3 Å². The van der Waals surface area contributed by atoms with Crippen LogP contribution >= 0.6 is 0 Å². The topological polar surface area (TPSA) is 64.6 Å². The predicted octanol–water partition coefficient (Wildman–Crippen LogP) is 1.06. The van der Waals surface area contributed by atoms with Crippen LogP contribution in [0.15, 0.2) is 18.2 Å². The highest BCUT2D eigenvalue weighted by molar-refractivity contribution is 6.32. The van der Waals surface area contributed by atoms with Crippen molar-refractivity contribution >= 4 is 11.9 Å². The van der Waals surface area contributed by atoms with Gasteiger partial charge in [0.1, 0.15) is 0 Å². The van der Waals surface area contributed by atoms with Gasteiger partial charge in [0.15, 0.2) is 11.6 Å². The summed E-state index contributed by atoms with van der Waals surface area (Å²) >= 11 is 0. The van der Waals surface area contributed by atoms with Crippen molar-refractivity contribution in [3.05, 3.63) is 29.6 Å². The summed E-state index contributed by atoms with van der Waals surface area (Å²) in [5.74, 6) is -2.00. The van der Waals surface area contributed by atoms with Crippen LogP contribution in [0.1, 0.15) is 12.5 Å². The molecule has 0 heterocycles. The first-order valence-corrected chi connectivity index (χ1v) is 5.85. The number of nitrogens with one attached hydrogen (secondary N) is 1. The molecule has 1 aromatic carbocycles. The molecule has 104 valence electrons. The van der Waals surface area contributed by atoms with Crippen LogP contribution in [0.3, 0.4) is 0 Å². The van der Waals surface area contributed by atoms with Crippen molar-refractivity contribution in [2.45, 2.75) is 13.3 Å². The van der Waals surface area contributed by atoms with Crippen molar-refractivity contribution in [2.24, 2.45) is 0 Å². The molecule has 5 nitrogen and oxygen atoms in total. The summed E-state index contributed by atoms with van der Waals surface area (Å²) < 4.78 is 22.8. The van der Waals surface area contributed by atoms with Crippen LogP contribution in [0.2, 0.25) is 0 Å². The summed E-state index contributed by atoms with van der Waals surface area (Å²) in [6.07, 6.45) is 0.409. The number of esters is 1. The number of carbonyl (C=O) groups is 2. The minimum atomic E-state index is -0.946. The lowest BCUT2D eigenvalue weighted by atomic mass is 10.1. The van der Waals surface area contributed by atoms with E-state index < -0.39 is 17.7 Å². The Kier molecular flexibility index (Phi) is 5.78. The Morgan fingerprint density at radius 3 is 2.68 bits per heavy atom. The number of methoxy groups -OCH3 is 1. The Hall–Kier alpha value is -2.11. The number of carbonyl (C=O) groups excluding carboxylic acids is 2. The van der Waals surface area contributed by atoms with Crippen LogP contribution < -0.4 is 10.1 Å². The van der Waals surface area contributed by atoms with Crippen molar-refractivity contribution < 1.29 is 23.5 Å². The smallest absolute Gasteiger partial charge is 0.396 e. The maximum atomic E-state index is 13.5. The maximum Gasteiger partial charge on any atom is 0.396 e. The highest BCUT2D eigenvalue weighted by Gasteiger charge is 2.12. The van der Waals surface area contributed by atoms with E-state index in [0.717, 1.165) is 7.11 Å². The quantitative estimate of drug-likeness (QED) is 0.641. The average molecular weight is 269 g/mol. The van der Waals surface area contributed by atoms with E-state index in [9.17, 15) is 14.0 Å². The Morgan fingerprint density at radius 1 is 1.37 bits per heavy atom. The van der Waals surface area contributed by atoms with Gasteiger partial charge in [-0.05, 0) is 31.0 Å². The molecule has 19 heavy (non-hydrogen) atoms. The van der Waals surface area contributed by atoms with Gasteiger partial charge in [-0.2, -0.15) is 0 Å². The van der Waals surface area contributed by atoms with E-state index in [1.807, 2.05) is 0 Å². The molecule has 0 bridgehead atoms. The number of ether oxygens (including phenoxy) is 2. The van der Waals surface area contributed by atoms with Crippen LogP contribution in [-0.2, 0) is 20.7 Å². The molecule has 0 radical (unpaired) electrons. The van der Waals surface area contributed by atoms with Crippen molar-refractivity contribution in [1.82, 2.24) is 5.32 Å². The Labute approximate surface area is 110 Å². The minimum absolute atomic E-state index is 0.199. The molecule has 0 aromatic heterocycles. The van der Waals surface area contributed by atoms with Crippen LogP contribution in [0.5, 0.6) is 5.75 Å². The van der Waals surface area contributed by atoms with Gasteiger partial charge < -0.3 is 14.8 Å². The molecule has 0 aliphatic rings. The lowest BCUT2D eigenvalue weighted by Gasteiger charge is -2.07. The molecular weight excluding hydrogens is 253 g/mol. The van der Waals surface area contributed by atoms with E-state index in [-0.39, 0.29) is 12.3 Å². The predicted molar refractivity (Wildman–Crippen MR) is 66.3 cm³/mol. The van der Waals surface area contributed by atoms with Gasteiger partial charge in [-0.15, -0.1) is 0 Å². The fourth-order valence-corrected chi connectivity index (χ4v) is 1.46. The molecule has 0 aliphatic carbocycles. The summed E-state index contributed by atoms with van der Waals surface area (Å²) in [5, 5.41) is 2.37. The highest BCUT2D eigenvalue weighted by Crippen LogP contribution is 2.18. The summed E-state index contributed by atoms with van der Waals surface area (Å²) in [4.78, 5) is 21.9. The van der Waals surface area contributed by atoms with Gasteiger partial charge in [0.05, 0.1) is 13.7 Å². The van der Waals surface area contributed by atoms with Crippen LogP contribution in [0, 0.1) is 5.82 Å². The van der Waals surface area contributed by atoms with Gasteiger partial charge in [-0.1, -0.05) is 6.07 Å². The average Bonchev–Trinajstić information content (AvgIpc) is 2.40. The van der Waals surface area contributed by atoms with Gasteiger partial charge in [-0.25, -0.2) is 9.18 Å². The number of amides is 1. The van der Waals surface area contributed by atoms with Gasteiger partial charge >= 0.3 is 11.9 Å². The zero-order valence-electron chi connectivity index (χ0n) is 10.9. The van der Waals surface area contributed by atoms with Gasteiger partial charge in [0, 0.05) is 6.54 Å². The monoisotopic (exact) mass is 269 g/mol. The van der Waals surface area contributed by atoms with Crippen molar-refractivity contribution in [3.8, 4) is 5.75 Å². The minimum Gasteiger partial charge on any atom is -0.491 e. The third kappa shape index (κ3) is 4.57. The molecule has 0 aliphatic heterocycles. The summed E-state index contributed by atoms with van der Waals surface area (Å²) in [6.45, 7) is 2.39. The standard InChI is InChI=1S/C13H16FNO4/c1-3-19-11-5-4-9(8-10(11)14)6-7-15-12(16)13(17)18-2/h4-5,8H,3,6-7H2,1-2H3,(H,15,16). The largest absolute Gasteiger partial charge is 0.491 e. The molecule has 1 N–H and O–H groups in total. The maximum absolute atomic E-state index is 13.5. The summed E-state index contributed by atoms with van der Waals surface area (Å²) in [5.41, 5.74) is 0.700. The number of benzene rings is 1. The second-order valence-corrected chi connectivity index (χ2v) is 3.70. The number of hydrogen-bond donors (Lipinski definition) is 1. The third-order valence-corrected chi connectivity index (χ3v) is 2.37. The van der Waals surface area contributed by atoms with E-state index in [2.05, 4.69) is 10.1 Å². The molecule has 1 amide bonds. The fourth-order valence-electron chi connectivity index (χ4n) is 1.46. The zero-order valence-corrected chi connectivity index (χ0v) is 10.9. The number of rotatable bonds is 5. The summed E-state index contributed by atoms with van der Waals surface area (Å²) in [7, 11) is 1.13. The second-order valence-electron chi connectivity index (χ2n) is 3.70. The molecule has 0 spiro atoms. The fraction of sp³-hybridized carbons (Fsp3) is 0.385. The van der Waals surface area contributed by atoms with Crippen molar-refractivity contribution in [1.29, 1.82) is 0 Å². The second kappa shape index (κ2) is 7.35. The first-order chi connectivity index (χ1) is 9.08.